The van der Waals surface area contributed by atoms with Gasteiger partial charge < -0.3 is 25.0 Å². The second-order valence-corrected chi connectivity index (χ2v) is 7.39. The zero-order valence-electron chi connectivity index (χ0n) is 15.2. The number of pyridine rings is 1. The van der Waals surface area contributed by atoms with Gasteiger partial charge in [-0.3, -0.25) is 14.3 Å². The molecule has 1 fully saturated rings. The van der Waals surface area contributed by atoms with Crippen LogP contribution >= 0.6 is 0 Å². The fourth-order valence-corrected chi connectivity index (χ4v) is 2.94. The Labute approximate surface area is 151 Å². The van der Waals surface area contributed by atoms with E-state index in [1.807, 2.05) is 20.8 Å². The number of nitrogens with zero attached hydrogens (tertiary/aromatic N) is 2. The predicted octanol–water partition coefficient (Wildman–Crippen LogP) is 1.18. The zero-order chi connectivity index (χ0) is 18.9. The van der Waals surface area contributed by atoms with Gasteiger partial charge in [-0.15, -0.1) is 0 Å². The van der Waals surface area contributed by atoms with Crippen LogP contribution < -0.4 is 5.32 Å². The fourth-order valence-electron chi connectivity index (χ4n) is 2.94. The molecule has 8 heteroatoms. The summed E-state index contributed by atoms with van der Waals surface area (Å²) in [5.74, 6) is -0.360. The van der Waals surface area contributed by atoms with Gasteiger partial charge in [0.2, 0.25) is 6.41 Å². The summed E-state index contributed by atoms with van der Waals surface area (Å²) in [6, 6.07) is 3.11. The molecule has 1 unspecified atom stereocenters. The molecule has 1 aliphatic rings. The minimum atomic E-state index is -1.25. The number of amides is 1. The molecular formula is C18H25N3O5. The smallest absolute Gasteiger partial charge is 0.255 e. The van der Waals surface area contributed by atoms with Crippen LogP contribution in [0.2, 0.25) is 0 Å². The topological polar surface area (TPSA) is 106 Å². The van der Waals surface area contributed by atoms with Crippen LogP contribution in [0.4, 0.5) is 0 Å². The van der Waals surface area contributed by atoms with Gasteiger partial charge in [0.15, 0.2) is 0 Å². The minimum Gasteiger partial charge on any atom is -0.389 e. The number of carbonyl (C=O) groups is 1. The van der Waals surface area contributed by atoms with Crippen molar-refractivity contribution in [2.75, 3.05) is 13.2 Å². The maximum absolute atomic E-state index is 12.8. The van der Waals surface area contributed by atoms with Crippen LogP contribution in [-0.4, -0.2) is 56.6 Å². The Morgan fingerprint density at radius 3 is 2.96 bits per heavy atom. The van der Waals surface area contributed by atoms with E-state index in [0.717, 1.165) is 0 Å². The molecule has 0 saturated carbocycles. The lowest BCUT2D eigenvalue weighted by Crippen LogP contribution is -2.48. The van der Waals surface area contributed by atoms with E-state index in [2.05, 4.69) is 10.3 Å². The highest BCUT2D eigenvalue weighted by Crippen LogP contribution is 2.25. The molecule has 0 aliphatic carbocycles. The Balaban J connectivity index is 1.90. The van der Waals surface area contributed by atoms with Crippen LogP contribution in [0.5, 0.6) is 0 Å². The van der Waals surface area contributed by atoms with Crippen molar-refractivity contribution in [3.63, 3.8) is 0 Å². The van der Waals surface area contributed by atoms with Crippen LogP contribution in [0.25, 0.3) is 11.0 Å². The molecule has 8 nitrogen and oxygen atoms in total. The van der Waals surface area contributed by atoms with E-state index in [1.165, 1.54) is 10.8 Å². The van der Waals surface area contributed by atoms with Crippen molar-refractivity contribution in [3.05, 3.63) is 30.1 Å². The highest BCUT2D eigenvalue weighted by Gasteiger charge is 2.28. The second kappa shape index (κ2) is 7.32. The van der Waals surface area contributed by atoms with Crippen LogP contribution in [0.1, 0.15) is 44.0 Å². The lowest BCUT2D eigenvalue weighted by molar-refractivity contribution is -0.207. The molecule has 0 aromatic carbocycles. The van der Waals surface area contributed by atoms with Gasteiger partial charge in [0.05, 0.1) is 35.4 Å². The first-order valence-corrected chi connectivity index (χ1v) is 8.64. The van der Waals surface area contributed by atoms with Crippen LogP contribution in [0.3, 0.4) is 0 Å². The minimum absolute atomic E-state index is 0.198. The molecular weight excluding hydrogens is 338 g/mol. The highest BCUT2D eigenvalue weighted by molar-refractivity contribution is 6.05. The summed E-state index contributed by atoms with van der Waals surface area (Å²) in [6.45, 7) is 6.18. The summed E-state index contributed by atoms with van der Waals surface area (Å²) in [6.07, 6.45) is 1.65. The Bertz CT molecular complexity index is 783. The largest absolute Gasteiger partial charge is 0.389 e. The van der Waals surface area contributed by atoms with Crippen LogP contribution in [-0.2, 0) is 9.47 Å². The molecule has 1 saturated heterocycles. The molecule has 0 radical (unpaired) electrons. The number of aliphatic hydroxyl groups excluding tert-OH is 2. The first-order chi connectivity index (χ1) is 12.3. The summed E-state index contributed by atoms with van der Waals surface area (Å²) in [5.41, 5.74) is 0.799. The average Bonchev–Trinajstić information content (AvgIpc) is 2.95. The van der Waals surface area contributed by atoms with Gasteiger partial charge in [-0.2, -0.15) is 0 Å². The third kappa shape index (κ3) is 4.04. The SMILES string of the molecule is CC(C)(C)OC(O)n1cc(C(=O)N[C@H]2CCOC[C@@H]2O)c2ncccc21. The van der Waals surface area contributed by atoms with E-state index < -0.39 is 18.1 Å². The Kier molecular flexibility index (Phi) is 5.29. The van der Waals surface area contributed by atoms with E-state index in [0.29, 0.717) is 29.6 Å². The first-order valence-electron chi connectivity index (χ1n) is 8.64. The standard InChI is InChI=1S/C18H25N3O5/c1-18(2,3)26-17(24)21-9-11(15-13(21)5-4-7-19-15)16(23)20-12-6-8-25-10-14(12)22/h4-5,7,9,12,14,17,22,24H,6,8,10H2,1-3H3,(H,20,23)/t12-,14-,17?/m0/s1. The molecule has 26 heavy (non-hydrogen) atoms. The summed E-state index contributed by atoms with van der Waals surface area (Å²) >= 11 is 0. The summed E-state index contributed by atoms with van der Waals surface area (Å²) in [4.78, 5) is 17.0. The van der Waals surface area contributed by atoms with Crippen LogP contribution in [0.15, 0.2) is 24.5 Å². The van der Waals surface area contributed by atoms with E-state index >= 15 is 0 Å². The van der Waals surface area contributed by atoms with Crippen molar-refractivity contribution in [2.45, 2.75) is 51.4 Å². The molecule has 0 bridgehead atoms. The molecule has 0 spiro atoms. The molecule has 1 aliphatic heterocycles. The fraction of sp³-hybridized carbons (Fsp3) is 0.556. The van der Waals surface area contributed by atoms with Gasteiger partial charge in [0, 0.05) is 19.0 Å². The maximum Gasteiger partial charge on any atom is 0.255 e. The average molecular weight is 363 g/mol. The third-order valence-electron chi connectivity index (χ3n) is 4.17. The Morgan fingerprint density at radius 1 is 1.50 bits per heavy atom. The Hall–Kier alpha value is -2.00. The van der Waals surface area contributed by atoms with Crippen molar-refractivity contribution in [1.82, 2.24) is 14.9 Å². The van der Waals surface area contributed by atoms with Gasteiger partial charge in [-0.25, -0.2) is 0 Å². The lowest BCUT2D eigenvalue weighted by Gasteiger charge is -2.28. The summed E-state index contributed by atoms with van der Waals surface area (Å²) in [5, 5.41) is 23.2. The number of nitrogens with one attached hydrogen (secondary N) is 1. The number of hydrogen-bond acceptors (Lipinski definition) is 6. The number of aliphatic hydroxyl groups is 2. The number of aromatic nitrogens is 2. The number of fused-ring (bicyclic) bond motifs is 1. The van der Waals surface area contributed by atoms with Crippen molar-refractivity contribution >= 4 is 16.9 Å². The normalized spacial score (nSPS) is 22.3. The third-order valence-corrected chi connectivity index (χ3v) is 4.17. The number of ether oxygens (including phenoxy) is 2. The van der Waals surface area contributed by atoms with E-state index in [1.54, 1.807) is 18.3 Å². The monoisotopic (exact) mass is 363 g/mol. The Morgan fingerprint density at radius 2 is 2.27 bits per heavy atom. The molecule has 1 amide bonds. The summed E-state index contributed by atoms with van der Waals surface area (Å²) < 4.78 is 12.3. The highest BCUT2D eigenvalue weighted by atomic mass is 16.6. The van der Waals surface area contributed by atoms with Gasteiger partial charge in [0.1, 0.15) is 5.52 Å². The molecule has 3 atom stereocenters. The van der Waals surface area contributed by atoms with E-state index in [9.17, 15) is 15.0 Å². The zero-order valence-corrected chi connectivity index (χ0v) is 15.2. The predicted molar refractivity (Wildman–Crippen MR) is 94.5 cm³/mol. The molecule has 3 rings (SSSR count). The molecule has 142 valence electrons. The van der Waals surface area contributed by atoms with Crippen molar-refractivity contribution in [1.29, 1.82) is 0 Å². The van der Waals surface area contributed by atoms with E-state index in [-0.39, 0.29) is 18.6 Å². The number of carbonyl (C=O) groups excluding carboxylic acids is 1. The summed E-state index contributed by atoms with van der Waals surface area (Å²) in [7, 11) is 0. The molecule has 2 aromatic heterocycles. The second-order valence-electron chi connectivity index (χ2n) is 7.39. The maximum atomic E-state index is 12.8. The van der Waals surface area contributed by atoms with Crippen LogP contribution in [0, 0.1) is 0 Å². The number of rotatable bonds is 4. The first kappa shape index (κ1) is 18.8. The molecule has 2 aromatic rings. The molecule has 3 N–H and O–H groups in total. The van der Waals surface area contributed by atoms with Gasteiger partial charge in [-0.05, 0) is 39.3 Å². The van der Waals surface area contributed by atoms with Gasteiger partial charge >= 0.3 is 0 Å². The van der Waals surface area contributed by atoms with Gasteiger partial charge in [0.25, 0.3) is 5.91 Å². The molecule has 3 heterocycles. The quantitative estimate of drug-likeness (QED) is 0.705. The van der Waals surface area contributed by atoms with Crippen molar-refractivity contribution in [3.8, 4) is 0 Å². The van der Waals surface area contributed by atoms with E-state index in [4.69, 9.17) is 9.47 Å². The van der Waals surface area contributed by atoms with Crippen molar-refractivity contribution < 1.29 is 24.5 Å². The lowest BCUT2D eigenvalue weighted by atomic mass is 10.1. The van der Waals surface area contributed by atoms with Crippen molar-refractivity contribution in [2.24, 2.45) is 0 Å². The van der Waals surface area contributed by atoms with Gasteiger partial charge in [-0.1, -0.05) is 0 Å². The number of hydrogen-bond donors (Lipinski definition) is 3.